The van der Waals surface area contributed by atoms with Gasteiger partial charge in [0.1, 0.15) is 11.4 Å². The Kier molecular flexibility index (Phi) is 5.24. The Morgan fingerprint density at radius 1 is 1.11 bits per heavy atom. The first-order valence-electron chi connectivity index (χ1n) is 8.07. The van der Waals surface area contributed by atoms with Gasteiger partial charge < -0.3 is 14.5 Å². The van der Waals surface area contributed by atoms with Crippen LogP contribution in [0.2, 0.25) is 0 Å². The Morgan fingerprint density at radius 3 is 2.41 bits per heavy atom. The number of carbonyl (C=O) groups is 1. The second kappa shape index (κ2) is 7.60. The van der Waals surface area contributed by atoms with Gasteiger partial charge in [0.25, 0.3) is 5.88 Å². The van der Waals surface area contributed by atoms with E-state index in [1.54, 1.807) is 4.90 Å². The molecule has 0 aliphatic carbocycles. The highest BCUT2D eigenvalue weighted by Gasteiger charge is 2.32. The molecule has 3 heterocycles. The molecule has 0 unspecified atom stereocenters. The number of amides is 1. The van der Waals surface area contributed by atoms with Crippen LogP contribution in [0.5, 0.6) is 11.6 Å². The van der Waals surface area contributed by atoms with Gasteiger partial charge in [-0.25, -0.2) is 15.0 Å². The number of halogens is 3. The van der Waals surface area contributed by atoms with Gasteiger partial charge in [0.05, 0.1) is 6.20 Å². The fourth-order valence-electron chi connectivity index (χ4n) is 2.59. The third-order valence-electron chi connectivity index (χ3n) is 3.95. The lowest BCUT2D eigenvalue weighted by atomic mass is 10.3. The Hall–Kier alpha value is -3.17. The zero-order valence-electron chi connectivity index (χ0n) is 14.2. The van der Waals surface area contributed by atoms with Crippen molar-refractivity contribution in [3.63, 3.8) is 0 Å². The number of piperazine rings is 1. The lowest BCUT2D eigenvalue weighted by molar-refractivity contribution is -0.141. The molecule has 1 aliphatic heterocycles. The zero-order valence-corrected chi connectivity index (χ0v) is 14.2. The Balaban J connectivity index is 1.73. The van der Waals surface area contributed by atoms with Crippen molar-refractivity contribution in [1.82, 2.24) is 19.9 Å². The molecule has 0 N–H and O–H groups in total. The van der Waals surface area contributed by atoms with Crippen molar-refractivity contribution >= 4 is 11.7 Å². The maximum atomic E-state index is 12.6. The monoisotopic (exact) mass is 379 g/mol. The van der Waals surface area contributed by atoms with Crippen molar-refractivity contribution in [3.8, 4) is 11.6 Å². The molecule has 0 bridgehead atoms. The van der Waals surface area contributed by atoms with E-state index in [2.05, 4.69) is 21.5 Å². The molecule has 1 fully saturated rings. The summed E-state index contributed by atoms with van der Waals surface area (Å²) in [6, 6.07) is 2.01. The van der Waals surface area contributed by atoms with Crippen LogP contribution in [-0.2, 0) is 11.0 Å². The summed E-state index contributed by atoms with van der Waals surface area (Å²) in [6.07, 6.45) is 0.660. The fourth-order valence-corrected chi connectivity index (χ4v) is 2.59. The summed E-state index contributed by atoms with van der Waals surface area (Å²) in [6.45, 7) is 5.48. The summed E-state index contributed by atoms with van der Waals surface area (Å²) in [5, 5.41) is 0. The first-order chi connectivity index (χ1) is 12.9. The maximum absolute atomic E-state index is 12.6. The van der Waals surface area contributed by atoms with E-state index in [9.17, 15) is 18.0 Å². The number of nitrogens with zero attached hydrogens (tertiary/aromatic N) is 5. The smallest absolute Gasteiger partial charge is 0.433 e. The minimum absolute atomic E-state index is 0.116. The van der Waals surface area contributed by atoms with Gasteiger partial charge in [-0.2, -0.15) is 13.2 Å². The van der Waals surface area contributed by atoms with Crippen molar-refractivity contribution in [3.05, 3.63) is 49.1 Å². The number of alkyl halides is 3. The van der Waals surface area contributed by atoms with Gasteiger partial charge >= 0.3 is 6.18 Å². The topological polar surface area (TPSA) is 71.5 Å². The summed E-state index contributed by atoms with van der Waals surface area (Å²) in [5.74, 6) is 0.581. The van der Waals surface area contributed by atoms with Crippen LogP contribution in [0.15, 0.2) is 43.4 Å². The molecule has 1 aliphatic rings. The number of anilines is 1. The quantitative estimate of drug-likeness (QED) is 0.761. The highest BCUT2D eigenvalue weighted by atomic mass is 19.4. The van der Waals surface area contributed by atoms with Crippen LogP contribution in [0, 0.1) is 0 Å². The molecule has 10 heteroatoms. The summed E-state index contributed by atoms with van der Waals surface area (Å²) in [7, 11) is 0. The molecule has 0 saturated carbocycles. The molecule has 27 heavy (non-hydrogen) atoms. The van der Waals surface area contributed by atoms with Crippen LogP contribution in [0.3, 0.4) is 0 Å². The summed E-state index contributed by atoms with van der Waals surface area (Å²) >= 11 is 0. The highest BCUT2D eigenvalue weighted by molar-refractivity contribution is 5.87. The first kappa shape index (κ1) is 18.6. The van der Waals surface area contributed by atoms with Crippen LogP contribution >= 0.6 is 0 Å². The molecule has 0 atom stereocenters. The number of rotatable bonds is 4. The van der Waals surface area contributed by atoms with E-state index in [-0.39, 0.29) is 17.5 Å². The van der Waals surface area contributed by atoms with Crippen molar-refractivity contribution in [2.75, 3.05) is 31.1 Å². The number of hydrogen-bond acceptors (Lipinski definition) is 6. The Bertz CT molecular complexity index is 818. The van der Waals surface area contributed by atoms with Gasteiger partial charge in [0, 0.05) is 38.6 Å². The van der Waals surface area contributed by atoms with Crippen molar-refractivity contribution in [2.24, 2.45) is 0 Å². The van der Waals surface area contributed by atoms with E-state index in [1.807, 2.05) is 4.90 Å². The van der Waals surface area contributed by atoms with Crippen LogP contribution in [-0.4, -0.2) is 51.9 Å². The molecular weight excluding hydrogens is 363 g/mol. The molecule has 2 aromatic rings. The average molecular weight is 379 g/mol. The largest absolute Gasteiger partial charge is 0.434 e. The SMILES string of the molecule is C=CC(=O)N1CCN(c2nccnc2Oc2ccc(C(F)(F)F)nc2)CC1. The molecule has 142 valence electrons. The second-order valence-corrected chi connectivity index (χ2v) is 5.68. The minimum atomic E-state index is -4.52. The van der Waals surface area contributed by atoms with Crippen LogP contribution in [0.1, 0.15) is 5.69 Å². The van der Waals surface area contributed by atoms with Crippen molar-refractivity contribution < 1.29 is 22.7 Å². The zero-order chi connectivity index (χ0) is 19.4. The van der Waals surface area contributed by atoms with Gasteiger partial charge in [-0.05, 0) is 18.2 Å². The van der Waals surface area contributed by atoms with Crippen LogP contribution in [0.25, 0.3) is 0 Å². The van der Waals surface area contributed by atoms with Gasteiger partial charge in [0.15, 0.2) is 5.82 Å². The summed E-state index contributed by atoms with van der Waals surface area (Å²) < 4.78 is 43.4. The predicted molar refractivity (Wildman–Crippen MR) is 90.3 cm³/mol. The molecule has 0 aromatic carbocycles. The van der Waals surface area contributed by atoms with Gasteiger partial charge in [-0.1, -0.05) is 6.58 Å². The maximum Gasteiger partial charge on any atom is 0.433 e. The van der Waals surface area contributed by atoms with E-state index in [0.717, 1.165) is 12.3 Å². The third kappa shape index (κ3) is 4.33. The third-order valence-corrected chi connectivity index (χ3v) is 3.95. The van der Waals surface area contributed by atoms with Gasteiger partial charge in [-0.3, -0.25) is 4.79 Å². The molecule has 0 spiro atoms. The lowest BCUT2D eigenvalue weighted by Gasteiger charge is -2.35. The summed E-state index contributed by atoms with van der Waals surface area (Å²) in [4.78, 5) is 27.0. The van der Waals surface area contributed by atoms with Gasteiger partial charge in [-0.15, -0.1) is 0 Å². The Morgan fingerprint density at radius 2 is 1.81 bits per heavy atom. The molecule has 2 aromatic heterocycles. The highest BCUT2D eigenvalue weighted by Crippen LogP contribution is 2.31. The molecular formula is C17H16F3N5O2. The van der Waals surface area contributed by atoms with Gasteiger partial charge in [0.2, 0.25) is 5.91 Å². The molecule has 1 saturated heterocycles. The van der Waals surface area contributed by atoms with E-state index in [4.69, 9.17) is 4.74 Å². The van der Waals surface area contributed by atoms with Crippen LogP contribution in [0.4, 0.5) is 19.0 Å². The van der Waals surface area contributed by atoms with Crippen molar-refractivity contribution in [2.45, 2.75) is 6.18 Å². The average Bonchev–Trinajstić information content (AvgIpc) is 2.68. The fraction of sp³-hybridized carbons (Fsp3) is 0.294. The van der Waals surface area contributed by atoms with E-state index >= 15 is 0 Å². The number of hydrogen-bond donors (Lipinski definition) is 0. The number of ether oxygens (including phenoxy) is 1. The normalized spacial score (nSPS) is 14.8. The Labute approximate surface area is 153 Å². The lowest BCUT2D eigenvalue weighted by Crippen LogP contribution is -2.48. The van der Waals surface area contributed by atoms with E-state index < -0.39 is 11.9 Å². The molecule has 7 nitrogen and oxygen atoms in total. The number of aromatic nitrogens is 3. The molecule has 0 radical (unpaired) electrons. The standard InChI is InChI=1S/C17H16F3N5O2/c1-2-14(26)24-7-9-25(10-8-24)15-16(22-6-5-21-15)27-12-3-4-13(23-11-12)17(18,19)20/h2-6,11H,1,7-10H2. The van der Waals surface area contributed by atoms with E-state index in [0.29, 0.717) is 32.0 Å². The van der Waals surface area contributed by atoms with E-state index in [1.165, 1.54) is 24.5 Å². The predicted octanol–water partition coefficient (Wildman–Crippen LogP) is 2.52. The second-order valence-electron chi connectivity index (χ2n) is 5.68. The minimum Gasteiger partial charge on any atom is -0.434 e. The first-order valence-corrected chi connectivity index (χ1v) is 8.07. The number of carbonyl (C=O) groups excluding carboxylic acids is 1. The summed E-state index contributed by atoms with van der Waals surface area (Å²) in [5.41, 5.74) is -1.00. The molecule has 1 amide bonds. The van der Waals surface area contributed by atoms with Crippen LogP contribution < -0.4 is 9.64 Å². The van der Waals surface area contributed by atoms with Crippen molar-refractivity contribution in [1.29, 1.82) is 0 Å². The molecule has 3 rings (SSSR count). The number of pyridine rings is 1.